The summed E-state index contributed by atoms with van der Waals surface area (Å²) in [5.74, 6) is 1.01. The molecule has 2 N–H and O–H groups in total. The van der Waals surface area contributed by atoms with Gasteiger partial charge in [-0.25, -0.2) is 0 Å². The van der Waals surface area contributed by atoms with Gasteiger partial charge in [-0.15, -0.1) is 0 Å². The first-order valence-electron chi connectivity index (χ1n) is 5.54. The van der Waals surface area contributed by atoms with Crippen molar-refractivity contribution in [2.24, 2.45) is 5.41 Å². The van der Waals surface area contributed by atoms with Crippen molar-refractivity contribution >= 4 is 0 Å². The molecule has 1 heterocycles. The molecule has 0 amide bonds. The molecule has 1 aromatic heterocycles. The van der Waals surface area contributed by atoms with Crippen molar-refractivity contribution < 1.29 is 9.52 Å². The first-order valence-corrected chi connectivity index (χ1v) is 5.54. The summed E-state index contributed by atoms with van der Waals surface area (Å²) in [5, 5.41) is 13.0. The van der Waals surface area contributed by atoms with Crippen molar-refractivity contribution in [3.63, 3.8) is 0 Å². The van der Waals surface area contributed by atoms with Gasteiger partial charge in [0, 0.05) is 24.4 Å². The Hall–Kier alpha value is -0.800. The minimum Gasteiger partial charge on any atom is -0.469 e. The first kappa shape index (κ1) is 10.7. The molecule has 0 spiro atoms. The molecular formula is C12H19NO2. The molecule has 1 aromatic rings. The fourth-order valence-electron chi connectivity index (χ4n) is 2.07. The smallest absolute Gasteiger partial charge is 0.105 e. The van der Waals surface area contributed by atoms with Gasteiger partial charge in [0.2, 0.25) is 0 Å². The molecule has 2 rings (SSSR count). The molecule has 2 unspecified atom stereocenters. The van der Waals surface area contributed by atoms with Crippen LogP contribution in [0.3, 0.4) is 0 Å². The summed E-state index contributed by atoms with van der Waals surface area (Å²) in [6, 6.07) is 4.33. The summed E-state index contributed by atoms with van der Waals surface area (Å²) in [7, 11) is 0. The van der Waals surface area contributed by atoms with Crippen LogP contribution in [0.1, 0.15) is 26.0 Å². The Balaban J connectivity index is 1.71. The molecule has 1 fully saturated rings. The minimum absolute atomic E-state index is 0.0170. The van der Waals surface area contributed by atoms with E-state index in [0.717, 1.165) is 25.1 Å². The van der Waals surface area contributed by atoms with Crippen LogP contribution in [-0.2, 0) is 6.42 Å². The number of hydrogen-bond acceptors (Lipinski definition) is 3. The van der Waals surface area contributed by atoms with Gasteiger partial charge in [-0.05, 0) is 18.6 Å². The standard InChI is InChI=1S/C12H19NO2/c1-12(2)10(8-11(12)14)13-6-5-9-4-3-7-15-9/h3-4,7,10-11,13-14H,5-6,8H2,1-2H3. The van der Waals surface area contributed by atoms with E-state index in [1.165, 1.54) is 0 Å². The minimum atomic E-state index is -0.154. The van der Waals surface area contributed by atoms with Crippen LogP contribution in [0.15, 0.2) is 22.8 Å². The SMILES string of the molecule is CC1(C)C(O)CC1NCCc1ccco1. The zero-order chi connectivity index (χ0) is 10.9. The predicted octanol–water partition coefficient (Wildman–Crippen LogP) is 1.57. The Bertz CT molecular complexity index is 305. The second kappa shape index (κ2) is 3.99. The summed E-state index contributed by atoms with van der Waals surface area (Å²) in [6.45, 7) is 5.12. The van der Waals surface area contributed by atoms with Crippen LogP contribution in [0, 0.1) is 5.41 Å². The van der Waals surface area contributed by atoms with Crippen LogP contribution >= 0.6 is 0 Å². The number of hydrogen-bond donors (Lipinski definition) is 2. The summed E-state index contributed by atoms with van der Waals surface area (Å²) in [6.07, 6.45) is 3.33. The van der Waals surface area contributed by atoms with Gasteiger partial charge in [0.05, 0.1) is 12.4 Å². The third-order valence-corrected chi connectivity index (χ3v) is 3.56. The average molecular weight is 209 g/mol. The Morgan fingerprint density at radius 1 is 1.60 bits per heavy atom. The number of nitrogens with one attached hydrogen (secondary N) is 1. The molecule has 3 nitrogen and oxygen atoms in total. The van der Waals surface area contributed by atoms with E-state index in [1.807, 2.05) is 12.1 Å². The molecule has 0 aliphatic heterocycles. The molecule has 0 radical (unpaired) electrons. The summed E-state index contributed by atoms with van der Waals surface area (Å²) >= 11 is 0. The van der Waals surface area contributed by atoms with Crippen molar-refractivity contribution in [1.29, 1.82) is 0 Å². The van der Waals surface area contributed by atoms with Crippen LogP contribution in [0.25, 0.3) is 0 Å². The largest absolute Gasteiger partial charge is 0.469 e. The highest BCUT2D eigenvalue weighted by molar-refractivity contribution is 5.03. The second-order valence-electron chi connectivity index (χ2n) is 4.91. The van der Waals surface area contributed by atoms with Crippen LogP contribution in [0.2, 0.25) is 0 Å². The van der Waals surface area contributed by atoms with E-state index in [2.05, 4.69) is 19.2 Å². The number of rotatable bonds is 4. The molecule has 1 saturated carbocycles. The maximum Gasteiger partial charge on any atom is 0.105 e. The molecule has 1 aliphatic rings. The normalized spacial score (nSPS) is 28.7. The third kappa shape index (κ3) is 2.08. The van der Waals surface area contributed by atoms with Crippen LogP contribution in [0.5, 0.6) is 0 Å². The van der Waals surface area contributed by atoms with Crippen LogP contribution in [0.4, 0.5) is 0 Å². The van der Waals surface area contributed by atoms with Gasteiger partial charge < -0.3 is 14.8 Å². The molecule has 15 heavy (non-hydrogen) atoms. The van der Waals surface area contributed by atoms with Gasteiger partial charge in [0.1, 0.15) is 5.76 Å². The van der Waals surface area contributed by atoms with Crippen molar-refractivity contribution in [3.8, 4) is 0 Å². The Morgan fingerprint density at radius 2 is 2.40 bits per heavy atom. The lowest BCUT2D eigenvalue weighted by Crippen LogP contribution is -2.60. The number of furan rings is 1. The summed E-state index contributed by atoms with van der Waals surface area (Å²) < 4.78 is 5.25. The van der Waals surface area contributed by atoms with Crippen molar-refractivity contribution in [2.45, 2.75) is 38.8 Å². The maximum absolute atomic E-state index is 9.57. The maximum atomic E-state index is 9.57. The fraction of sp³-hybridized carbons (Fsp3) is 0.667. The van der Waals surface area contributed by atoms with E-state index in [0.29, 0.717) is 6.04 Å². The van der Waals surface area contributed by atoms with Gasteiger partial charge in [0.25, 0.3) is 0 Å². The first-order chi connectivity index (χ1) is 7.10. The zero-order valence-electron chi connectivity index (χ0n) is 9.36. The van der Waals surface area contributed by atoms with Crippen molar-refractivity contribution in [1.82, 2.24) is 5.32 Å². The van der Waals surface area contributed by atoms with E-state index in [9.17, 15) is 5.11 Å². The third-order valence-electron chi connectivity index (χ3n) is 3.56. The molecule has 84 valence electrons. The zero-order valence-corrected chi connectivity index (χ0v) is 9.36. The van der Waals surface area contributed by atoms with E-state index in [1.54, 1.807) is 6.26 Å². The topological polar surface area (TPSA) is 45.4 Å². The number of aliphatic hydroxyl groups is 1. The van der Waals surface area contributed by atoms with Crippen LogP contribution < -0.4 is 5.32 Å². The lowest BCUT2D eigenvalue weighted by atomic mass is 9.64. The lowest BCUT2D eigenvalue weighted by Gasteiger charge is -2.49. The van der Waals surface area contributed by atoms with Gasteiger partial charge in [-0.2, -0.15) is 0 Å². The Labute approximate surface area is 90.5 Å². The Morgan fingerprint density at radius 3 is 2.93 bits per heavy atom. The molecule has 3 heteroatoms. The fourth-order valence-corrected chi connectivity index (χ4v) is 2.07. The quantitative estimate of drug-likeness (QED) is 0.791. The Kier molecular flexibility index (Phi) is 2.85. The predicted molar refractivity (Wildman–Crippen MR) is 58.6 cm³/mol. The van der Waals surface area contributed by atoms with Crippen molar-refractivity contribution in [3.05, 3.63) is 24.2 Å². The van der Waals surface area contributed by atoms with E-state index >= 15 is 0 Å². The molecule has 2 atom stereocenters. The molecular weight excluding hydrogens is 190 g/mol. The van der Waals surface area contributed by atoms with E-state index < -0.39 is 0 Å². The van der Waals surface area contributed by atoms with E-state index in [4.69, 9.17) is 4.42 Å². The second-order valence-corrected chi connectivity index (χ2v) is 4.91. The molecule has 0 saturated heterocycles. The highest BCUT2D eigenvalue weighted by Gasteiger charge is 2.46. The van der Waals surface area contributed by atoms with E-state index in [-0.39, 0.29) is 11.5 Å². The van der Waals surface area contributed by atoms with Crippen molar-refractivity contribution in [2.75, 3.05) is 6.54 Å². The summed E-state index contributed by atoms with van der Waals surface area (Å²) in [5.41, 5.74) is 0.0170. The van der Waals surface area contributed by atoms with Gasteiger partial charge in [-0.3, -0.25) is 0 Å². The van der Waals surface area contributed by atoms with Gasteiger partial charge in [0.15, 0.2) is 0 Å². The van der Waals surface area contributed by atoms with Gasteiger partial charge in [-0.1, -0.05) is 13.8 Å². The molecule has 0 aromatic carbocycles. The van der Waals surface area contributed by atoms with Crippen LogP contribution in [-0.4, -0.2) is 23.8 Å². The summed E-state index contributed by atoms with van der Waals surface area (Å²) in [4.78, 5) is 0. The van der Waals surface area contributed by atoms with Gasteiger partial charge >= 0.3 is 0 Å². The number of aliphatic hydroxyl groups excluding tert-OH is 1. The highest BCUT2D eigenvalue weighted by atomic mass is 16.3. The highest BCUT2D eigenvalue weighted by Crippen LogP contribution is 2.40. The molecule has 0 bridgehead atoms. The molecule has 1 aliphatic carbocycles. The average Bonchev–Trinajstić information content (AvgIpc) is 2.69. The lowest BCUT2D eigenvalue weighted by molar-refractivity contribution is -0.0721. The monoisotopic (exact) mass is 209 g/mol.